The molecule has 0 atom stereocenters. The Balaban J connectivity index is 1.90. The highest BCUT2D eigenvalue weighted by Gasteiger charge is 2.27. The van der Waals surface area contributed by atoms with Gasteiger partial charge in [0.1, 0.15) is 4.21 Å². The molecule has 0 bridgehead atoms. The van der Waals surface area contributed by atoms with E-state index in [2.05, 4.69) is 9.71 Å². The number of hydrogen-bond donors (Lipinski definition) is 1. The molecule has 1 aliphatic heterocycles. The molecule has 2 heterocycles. The highest BCUT2D eigenvalue weighted by atomic mass is 32.2. The van der Waals surface area contributed by atoms with Crippen LogP contribution in [0.1, 0.15) is 31.2 Å². The number of hydrogen-bond acceptors (Lipinski definition) is 6. The van der Waals surface area contributed by atoms with Crippen molar-refractivity contribution in [2.24, 2.45) is 4.40 Å². The van der Waals surface area contributed by atoms with Crippen LogP contribution >= 0.6 is 23.1 Å². The number of amidine groups is 1. The summed E-state index contributed by atoms with van der Waals surface area (Å²) < 4.78 is 56.9. The monoisotopic (exact) mass is 487 g/mol. The predicted octanol–water partition coefficient (Wildman–Crippen LogP) is 4.14. The van der Waals surface area contributed by atoms with Crippen molar-refractivity contribution >= 4 is 54.0 Å². The first kappa shape index (κ1) is 23.3. The molecule has 1 aliphatic rings. The lowest BCUT2D eigenvalue weighted by Gasteiger charge is -2.21. The van der Waals surface area contributed by atoms with Gasteiger partial charge in [0.05, 0.1) is 4.90 Å². The molecule has 0 radical (unpaired) electrons. The maximum atomic E-state index is 13.2. The van der Waals surface area contributed by atoms with Gasteiger partial charge >= 0.3 is 0 Å². The van der Waals surface area contributed by atoms with Gasteiger partial charge < -0.3 is 5.32 Å². The Morgan fingerprint density at radius 1 is 1.10 bits per heavy atom. The van der Waals surface area contributed by atoms with E-state index < -0.39 is 20.0 Å². The van der Waals surface area contributed by atoms with Gasteiger partial charge in [-0.1, -0.05) is 36.7 Å². The molecule has 2 aromatic rings. The molecular weight excluding hydrogens is 462 g/mol. The summed E-state index contributed by atoms with van der Waals surface area (Å²) in [5.74, 6) is 0. The molecule has 1 saturated heterocycles. The van der Waals surface area contributed by atoms with Crippen LogP contribution in [0.15, 0.2) is 49.2 Å². The summed E-state index contributed by atoms with van der Waals surface area (Å²) in [7, 11) is -7.44. The van der Waals surface area contributed by atoms with Crippen molar-refractivity contribution in [2.75, 3.05) is 24.7 Å². The Morgan fingerprint density at radius 3 is 2.40 bits per heavy atom. The summed E-state index contributed by atoms with van der Waals surface area (Å²) >= 11 is 2.24. The zero-order valence-electron chi connectivity index (χ0n) is 16.9. The van der Waals surface area contributed by atoms with E-state index in [-0.39, 0.29) is 14.3 Å². The van der Waals surface area contributed by atoms with Crippen LogP contribution in [-0.4, -0.2) is 45.7 Å². The molecule has 0 spiro atoms. The number of rotatable bonds is 5. The molecule has 1 aromatic heterocycles. The van der Waals surface area contributed by atoms with Crippen molar-refractivity contribution in [1.29, 1.82) is 0 Å². The molecule has 0 aliphatic carbocycles. The topological polar surface area (TPSA) is 95.9 Å². The minimum Gasteiger partial charge on any atom is -0.334 e. The molecule has 1 aromatic carbocycles. The Bertz CT molecular complexity index is 1100. The maximum Gasteiger partial charge on any atom is 0.294 e. The van der Waals surface area contributed by atoms with Crippen LogP contribution in [0.3, 0.4) is 0 Å². The number of benzene rings is 1. The highest BCUT2D eigenvalue weighted by Crippen LogP contribution is 2.27. The van der Waals surface area contributed by atoms with Gasteiger partial charge in [-0.3, -0.25) is 0 Å². The summed E-state index contributed by atoms with van der Waals surface area (Å²) in [4.78, 5) is 0.232. The van der Waals surface area contributed by atoms with Crippen LogP contribution in [0.4, 0.5) is 5.69 Å². The first-order valence-electron chi connectivity index (χ1n) is 9.54. The molecule has 0 unspecified atom stereocenters. The van der Waals surface area contributed by atoms with E-state index in [0.29, 0.717) is 24.3 Å². The smallest absolute Gasteiger partial charge is 0.294 e. The van der Waals surface area contributed by atoms with Gasteiger partial charge in [-0.05, 0) is 55.2 Å². The standard InChI is InChI=1S/C19H25N3O4S4/c1-15-9-10-16(14-17(15)30(25,26)22-11-5-3-4-6-12-22)20-19(27-2)21-29(23,24)18-8-7-13-28-18/h7-10,13-14H,3-6,11-12H2,1-2H3,(H,20,21). The minimum absolute atomic E-state index is 0.157. The number of thiophene rings is 1. The van der Waals surface area contributed by atoms with Crippen molar-refractivity contribution in [3.8, 4) is 0 Å². The molecule has 0 saturated carbocycles. The van der Waals surface area contributed by atoms with Crippen LogP contribution in [0.2, 0.25) is 0 Å². The second kappa shape index (κ2) is 9.82. The summed E-state index contributed by atoms with van der Waals surface area (Å²) in [5.41, 5.74) is 1.13. The van der Waals surface area contributed by atoms with E-state index >= 15 is 0 Å². The molecule has 30 heavy (non-hydrogen) atoms. The highest BCUT2D eigenvalue weighted by molar-refractivity contribution is 8.14. The summed E-state index contributed by atoms with van der Waals surface area (Å²) in [6.45, 7) is 2.81. The molecule has 1 fully saturated rings. The average Bonchev–Trinajstić information content (AvgIpc) is 3.12. The molecule has 7 nitrogen and oxygen atoms in total. The third-order valence-corrected chi connectivity index (χ3v) is 10.2. The number of anilines is 1. The zero-order valence-corrected chi connectivity index (χ0v) is 20.1. The number of thioether (sulfide) groups is 1. The fourth-order valence-corrected chi connectivity index (χ4v) is 7.57. The van der Waals surface area contributed by atoms with Gasteiger partial charge in [0.15, 0.2) is 5.17 Å². The van der Waals surface area contributed by atoms with Crippen molar-refractivity contribution in [1.82, 2.24) is 4.31 Å². The number of nitrogens with one attached hydrogen (secondary N) is 1. The first-order chi connectivity index (χ1) is 14.2. The second-order valence-corrected chi connectivity index (χ2v) is 12.4. The number of nitrogens with zero attached hydrogens (tertiary/aromatic N) is 2. The normalized spacial score (nSPS) is 16.9. The van der Waals surface area contributed by atoms with Gasteiger partial charge in [0.2, 0.25) is 10.0 Å². The third-order valence-electron chi connectivity index (χ3n) is 4.77. The Hall–Kier alpha value is -1.40. The van der Waals surface area contributed by atoms with Gasteiger partial charge in [-0.15, -0.1) is 15.7 Å². The number of aryl methyl sites for hydroxylation is 1. The Morgan fingerprint density at radius 2 is 1.80 bits per heavy atom. The van der Waals surface area contributed by atoms with Crippen molar-refractivity contribution in [3.05, 3.63) is 41.3 Å². The fraction of sp³-hybridized carbons (Fsp3) is 0.421. The average molecular weight is 488 g/mol. The summed E-state index contributed by atoms with van der Waals surface area (Å²) in [6.07, 6.45) is 5.51. The van der Waals surface area contributed by atoms with Gasteiger partial charge in [0.25, 0.3) is 10.0 Å². The van der Waals surface area contributed by atoms with Crippen molar-refractivity contribution < 1.29 is 16.8 Å². The van der Waals surface area contributed by atoms with Crippen molar-refractivity contribution in [3.63, 3.8) is 0 Å². The molecule has 164 valence electrons. The van der Waals surface area contributed by atoms with E-state index in [0.717, 1.165) is 48.8 Å². The van der Waals surface area contributed by atoms with Crippen LogP contribution in [0, 0.1) is 6.92 Å². The lowest BCUT2D eigenvalue weighted by atomic mass is 10.2. The maximum absolute atomic E-state index is 13.2. The summed E-state index contributed by atoms with van der Waals surface area (Å²) in [6, 6.07) is 8.15. The number of sulfonamides is 2. The summed E-state index contributed by atoms with van der Waals surface area (Å²) in [5, 5.41) is 4.80. The third kappa shape index (κ3) is 5.44. The largest absolute Gasteiger partial charge is 0.334 e. The van der Waals surface area contributed by atoms with Crippen LogP contribution in [0.5, 0.6) is 0 Å². The Kier molecular flexibility index (Phi) is 7.61. The van der Waals surface area contributed by atoms with Gasteiger partial charge in [0, 0.05) is 18.8 Å². The van der Waals surface area contributed by atoms with Crippen LogP contribution in [-0.2, 0) is 20.0 Å². The molecule has 0 amide bonds. The van der Waals surface area contributed by atoms with E-state index in [4.69, 9.17) is 0 Å². The first-order valence-corrected chi connectivity index (χ1v) is 14.5. The van der Waals surface area contributed by atoms with E-state index in [1.807, 2.05) is 0 Å². The SMILES string of the molecule is CS/C(=N\S(=O)(=O)c1cccs1)Nc1ccc(C)c(S(=O)(=O)N2CCCCCC2)c1. The minimum atomic E-state index is -3.82. The lowest BCUT2D eigenvalue weighted by Crippen LogP contribution is -2.32. The lowest BCUT2D eigenvalue weighted by molar-refractivity contribution is 0.423. The molecule has 3 rings (SSSR count). The van der Waals surface area contributed by atoms with E-state index in [1.165, 1.54) is 6.07 Å². The molecular formula is C19H25N3O4S4. The van der Waals surface area contributed by atoms with E-state index in [9.17, 15) is 16.8 Å². The molecule has 11 heteroatoms. The van der Waals surface area contributed by atoms with Gasteiger partial charge in [-0.25, -0.2) is 8.42 Å². The second-order valence-electron chi connectivity index (χ2n) is 6.93. The van der Waals surface area contributed by atoms with Gasteiger partial charge in [-0.2, -0.15) is 12.7 Å². The van der Waals surface area contributed by atoms with Crippen LogP contribution < -0.4 is 5.32 Å². The zero-order chi connectivity index (χ0) is 21.8. The Labute approximate surface area is 186 Å². The fourth-order valence-electron chi connectivity index (χ4n) is 3.18. The van der Waals surface area contributed by atoms with Crippen LogP contribution in [0.25, 0.3) is 0 Å². The quantitative estimate of drug-likeness (QED) is 0.503. The van der Waals surface area contributed by atoms with E-state index in [1.54, 1.807) is 47.1 Å². The van der Waals surface area contributed by atoms with Crippen molar-refractivity contribution in [2.45, 2.75) is 41.7 Å². The molecule has 1 N–H and O–H groups in total. The predicted molar refractivity (Wildman–Crippen MR) is 124 cm³/mol.